The fourth-order valence-electron chi connectivity index (χ4n) is 2.84. The minimum Gasteiger partial charge on any atom is -0.343 e. The summed E-state index contributed by atoms with van der Waals surface area (Å²) < 4.78 is 38.2. The van der Waals surface area contributed by atoms with E-state index in [0.29, 0.717) is 11.3 Å². The van der Waals surface area contributed by atoms with E-state index in [0.717, 1.165) is 11.1 Å². The van der Waals surface area contributed by atoms with Crippen LogP contribution in [0.1, 0.15) is 10.4 Å². The molecule has 0 saturated carbocycles. The van der Waals surface area contributed by atoms with Crippen molar-refractivity contribution in [2.75, 3.05) is 11.9 Å². The molecule has 0 aliphatic heterocycles. The molecule has 8 nitrogen and oxygen atoms in total. The molecule has 3 aromatic heterocycles. The summed E-state index contributed by atoms with van der Waals surface area (Å²) in [4.78, 5) is 30.5. The van der Waals surface area contributed by atoms with E-state index in [-0.39, 0.29) is 17.1 Å². The molecule has 0 radical (unpaired) electrons. The zero-order chi connectivity index (χ0) is 22.0. The summed E-state index contributed by atoms with van der Waals surface area (Å²) in [5.74, 6) is -0.562. The summed E-state index contributed by atoms with van der Waals surface area (Å²) in [5.41, 5.74) is 2.15. The first-order valence-electron chi connectivity index (χ1n) is 9.05. The number of hydrogen-bond donors (Lipinski definition) is 3. The molecule has 0 saturated heterocycles. The van der Waals surface area contributed by atoms with Gasteiger partial charge in [0.25, 0.3) is 11.5 Å². The van der Waals surface area contributed by atoms with Crippen molar-refractivity contribution in [3.63, 3.8) is 0 Å². The number of fused-ring (bicyclic) bond motifs is 1. The van der Waals surface area contributed by atoms with Crippen molar-refractivity contribution in [3.05, 3.63) is 76.8 Å². The summed E-state index contributed by atoms with van der Waals surface area (Å²) >= 11 is 0. The second-order valence-electron chi connectivity index (χ2n) is 6.57. The van der Waals surface area contributed by atoms with Crippen LogP contribution in [0.4, 0.5) is 24.8 Å². The molecule has 11 heteroatoms. The molecule has 1 aromatic carbocycles. The monoisotopic (exact) mass is 428 g/mol. The SMILES string of the molecule is O=C(NCC(F)(F)F)c1ccc(-c2ccc3nc(Nc4ccc[nH]c4=O)nn3c2)cc1. The van der Waals surface area contributed by atoms with Crippen LogP contribution in [-0.2, 0) is 0 Å². The maximum absolute atomic E-state index is 12.2. The van der Waals surface area contributed by atoms with Crippen LogP contribution in [0.5, 0.6) is 0 Å². The van der Waals surface area contributed by atoms with Gasteiger partial charge in [-0.2, -0.15) is 18.2 Å². The zero-order valence-electron chi connectivity index (χ0n) is 15.8. The van der Waals surface area contributed by atoms with Gasteiger partial charge < -0.3 is 15.6 Å². The highest BCUT2D eigenvalue weighted by Crippen LogP contribution is 2.21. The van der Waals surface area contributed by atoms with Gasteiger partial charge in [-0.1, -0.05) is 12.1 Å². The highest BCUT2D eigenvalue weighted by atomic mass is 19.4. The molecular weight excluding hydrogens is 413 g/mol. The maximum Gasteiger partial charge on any atom is 0.405 e. The van der Waals surface area contributed by atoms with Crippen LogP contribution in [0.25, 0.3) is 16.8 Å². The number of anilines is 2. The fourth-order valence-corrected chi connectivity index (χ4v) is 2.84. The summed E-state index contributed by atoms with van der Waals surface area (Å²) in [6.45, 7) is -1.39. The van der Waals surface area contributed by atoms with Gasteiger partial charge in [0.05, 0.1) is 0 Å². The molecule has 3 N–H and O–H groups in total. The molecule has 0 unspecified atom stereocenters. The Morgan fingerprint density at radius 3 is 2.52 bits per heavy atom. The first-order chi connectivity index (χ1) is 14.8. The number of rotatable bonds is 5. The van der Waals surface area contributed by atoms with E-state index >= 15 is 0 Å². The lowest BCUT2D eigenvalue weighted by molar-refractivity contribution is -0.123. The molecule has 0 fully saturated rings. The van der Waals surface area contributed by atoms with Gasteiger partial charge in [0, 0.05) is 23.5 Å². The van der Waals surface area contributed by atoms with Crippen molar-refractivity contribution >= 4 is 23.2 Å². The number of nitrogens with zero attached hydrogens (tertiary/aromatic N) is 3. The molecule has 4 rings (SSSR count). The quantitative estimate of drug-likeness (QED) is 0.453. The van der Waals surface area contributed by atoms with Gasteiger partial charge in [-0.15, -0.1) is 5.10 Å². The number of carbonyl (C=O) groups excluding carboxylic acids is 1. The number of benzene rings is 1. The van der Waals surface area contributed by atoms with Gasteiger partial charge >= 0.3 is 6.18 Å². The Morgan fingerprint density at radius 2 is 1.81 bits per heavy atom. The first kappa shape index (κ1) is 20.1. The second-order valence-corrected chi connectivity index (χ2v) is 6.57. The summed E-state index contributed by atoms with van der Waals surface area (Å²) in [7, 11) is 0. The lowest BCUT2D eigenvalue weighted by Crippen LogP contribution is -2.33. The summed E-state index contributed by atoms with van der Waals surface area (Å²) in [6.07, 6.45) is -1.24. The number of hydrogen-bond acceptors (Lipinski definition) is 5. The fraction of sp³-hybridized carbons (Fsp3) is 0.100. The topological polar surface area (TPSA) is 104 Å². The highest BCUT2D eigenvalue weighted by molar-refractivity contribution is 5.94. The van der Waals surface area contributed by atoms with Crippen LogP contribution < -0.4 is 16.2 Å². The number of amides is 1. The van der Waals surface area contributed by atoms with Crippen LogP contribution in [0.2, 0.25) is 0 Å². The Bertz CT molecular complexity index is 1290. The lowest BCUT2D eigenvalue weighted by atomic mass is 10.1. The van der Waals surface area contributed by atoms with E-state index in [9.17, 15) is 22.8 Å². The number of H-pyrrole nitrogens is 1. The maximum atomic E-state index is 12.2. The summed E-state index contributed by atoms with van der Waals surface area (Å²) in [5, 5.41) is 8.98. The second kappa shape index (κ2) is 7.94. The van der Waals surface area contributed by atoms with Crippen LogP contribution in [0.3, 0.4) is 0 Å². The van der Waals surface area contributed by atoms with E-state index in [1.165, 1.54) is 22.8 Å². The Hall–Kier alpha value is -4.15. The Balaban J connectivity index is 1.52. The van der Waals surface area contributed by atoms with E-state index < -0.39 is 18.6 Å². The van der Waals surface area contributed by atoms with Crippen molar-refractivity contribution in [3.8, 4) is 11.1 Å². The van der Waals surface area contributed by atoms with Gasteiger partial charge in [-0.25, -0.2) is 4.52 Å². The molecule has 0 bridgehead atoms. The molecule has 0 aliphatic carbocycles. The zero-order valence-corrected chi connectivity index (χ0v) is 15.8. The molecule has 31 heavy (non-hydrogen) atoms. The van der Waals surface area contributed by atoms with Crippen LogP contribution in [0.15, 0.2) is 65.7 Å². The van der Waals surface area contributed by atoms with E-state index in [1.807, 2.05) is 5.32 Å². The molecule has 0 spiro atoms. The number of halogens is 3. The van der Waals surface area contributed by atoms with E-state index in [4.69, 9.17) is 0 Å². The van der Waals surface area contributed by atoms with Gasteiger partial charge in [0.1, 0.15) is 12.2 Å². The number of alkyl halides is 3. The molecule has 3 heterocycles. The third-order valence-corrected chi connectivity index (χ3v) is 4.33. The number of pyridine rings is 2. The first-order valence-corrected chi connectivity index (χ1v) is 9.05. The Kier molecular flexibility index (Phi) is 5.15. The normalized spacial score (nSPS) is 11.5. The van der Waals surface area contributed by atoms with Gasteiger partial charge in [-0.05, 0) is 42.0 Å². The van der Waals surface area contributed by atoms with E-state index in [1.54, 1.807) is 42.6 Å². The molecule has 158 valence electrons. The van der Waals surface area contributed by atoms with Crippen molar-refractivity contribution in [2.24, 2.45) is 0 Å². The number of aromatic nitrogens is 4. The Labute approximate surface area is 172 Å². The highest BCUT2D eigenvalue weighted by Gasteiger charge is 2.27. The largest absolute Gasteiger partial charge is 0.405 e. The summed E-state index contributed by atoms with van der Waals surface area (Å²) in [6, 6.07) is 12.9. The third kappa shape index (κ3) is 4.71. The molecule has 4 aromatic rings. The number of aromatic amines is 1. The molecular formula is C20H15F3N6O2. The van der Waals surface area contributed by atoms with Crippen molar-refractivity contribution in [1.29, 1.82) is 0 Å². The predicted molar refractivity (Wildman–Crippen MR) is 107 cm³/mol. The molecule has 1 amide bonds. The van der Waals surface area contributed by atoms with E-state index in [2.05, 4.69) is 20.4 Å². The Morgan fingerprint density at radius 1 is 1.06 bits per heavy atom. The molecule has 0 aliphatic rings. The third-order valence-electron chi connectivity index (χ3n) is 4.33. The van der Waals surface area contributed by atoms with Gasteiger partial charge in [-0.3, -0.25) is 9.59 Å². The average Bonchev–Trinajstić information content (AvgIpc) is 3.15. The van der Waals surface area contributed by atoms with Gasteiger partial charge in [0.2, 0.25) is 5.95 Å². The van der Waals surface area contributed by atoms with Crippen LogP contribution in [-0.4, -0.2) is 38.2 Å². The van der Waals surface area contributed by atoms with Gasteiger partial charge in [0.15, 0.2) is 5.65 Å². The number of carbonyl (C=O) groups is 1. The van der Waals surface area contributed by atoms with Crippen molar-refractivity contribution in [1.82, 2.24) is 24.9 Å². The number of nitrogens with one attached hydrogen (secondary N) is 3. The van der Waals surface area contributed by atoms with Crippen molar-refractivity contribution in [2.45, 2.75) is 6.18 Å². The minimum absolute atomic E-state index is 0.120. The average molecular weight is 428 g/mol. The predicted octanol–water partition coefficient (Wildman–Crippen LogP) is 3.12. The molecule has 0 atom stereocenters. The lowest BCUT2D eigenvalue weighted by Gasteiger charge is -2.09. The van der Waals surface area contributed by atoms with Crippen molar-refractivity contribution < 1.29 is 18.0 Å². The van der Waals surface area contributed by atoms with Crippen LogP contribution in [0, 0.1) is 0 Å². The minimum atomic E-state index is -4.47. The van der Waals surface area contributed by atoms with Crippen LogP contribution >= 0.6 is 0 Å². The standard InChI is InChI=1S/C20H15F3N6O2/c21-20(22,23)11-25-17(30)13-5-3-12(4-6-13)14-7-8-16-27-19(28-29(16)10-14)26-15-2-1-9-24-18(15)31/h1-10H,11H2,(H,24,31)(H,25,30)(H,26,28). The smallest absolute Gasteiger partial charge is 0.343 e.